The molecule has 0 unspecified atom stereocenters. The molecular formula is C18H19FN2O5. The van der Waals surface area contributed by atoms with Crippen LogP contribution < -0.4 is 25.1 Å². The van der Waals surface area contributed by atoms with Crippen LogP contribution in [-0.4, -0.2) is 31.6 Å². The fourth-order valence-corrected chi connectivity index (χ4v) is 1.93. The predicted octanol–water partition coefficient (Wildman–Crippen LogP) is 1.83. The number of carbonyl (C=O) groups excluding carboxylic acids is 2. The van der Waals surface area contributed by atoms with Gasteiger partial charge in [0.1, 0.15) is 0 Å². The molecule has 2 aromatic rings. The van der Waals surface area contributed by atoms with Crippen molar-refractivity contribution in [3.63, 3.8) is 0 Å². The van der Waals surface area contributed by atoms with Gasteiger partial charge in [-0.05, 0) is 31.2 Å². The SMILES string of the molecule is COc1ccccc1OCC(=O)NNC(=O)[C@H](C)Oc1ccccc1F. The van der Waals surface area contributed by atoms with E-state index in [-0.39, 0.29) is 12.4 Å². The van der Waals surface area contributed by atoms with Gasteiger partial charge >= 0.3 is 0 Å². The van der Waals surface area contributed by atoms with Crippen molar-refractivity contribution in [1.29, 1.82) is 0 Å². The second-order valence-electron chi connectivity index (χ2n) is 5.17. The molecule has 2 N–H and O–H groups in total. The van der Waals surface area contributed by atoms with Crippen LogP contribution in [0.4, 0.5) is 4.39 Å². The number of carbonyl (C=O) groups is 2. The standard InChI is InChI=1S/C18H19FN2O5/c1-12(26-14-8-4-3-7-13(14)19)18(23)21-20-17(22)11-25-16-10-6-5-9-15(16)24-2/h3-10,12H,11H2,1-2H3,(H,20,22)(H,21,23)/t12-/m0/s1. The Morgan fingerprint density at radius 1 is 1.00 bits per heavy atom. The van der Waals surface area contributed by atoms with Crippen molar-refractivity contribution in [2.45, 2.75) is 13.0 Å². The van der Waals surface area contributed by atoms with Crippen molar-refractivity contribution in [3.8, 4) is 17.2 Å². The normalized spacial score (nSPS) is 11.2. The highest BCUT2D eigenvalue weighted by Crippen LogP contribution is 2.25. The van der Waals surface area contributed by atoms with Gasteiger partial charge in [0, 0.05) is 0 Å². The fraction of sp³-hybridized carbons (Fsp3) is 0.222. The van der Waals surface area contributed by atoms with Crippen LogP contribution >= 0.6 is 0 Å². The van der Waals surface area contributed by atoms with Gasteiger partial charge in [-0.2, -0.15) is 0 Å². The number of rotatable bonds is 7. The number of nitrogens with one attached hydrogen (secondary N) is 2. The third-order valence-electron chi connectivity index (χ3n) is 3.26. The first-order chi connectivity index (χ1) is 12.5. The minimum Gasteiger partial charge on any atom is -0.493 e. The zero-order valence-corrected chi connectivity index (χ0v) is 14.3. The Bertz CT molecular complexity index is 769. The Morgan fingerprint density at radius 2 is 1.62 bits per heavy atom. The molecule has 0 aromatic heterocycles. The lowest BCUT2D eigenvalue weighted by Crippen LogP contribution is -2.48. The third kappa shape index (κ3) is 5.37. The Hall–Kier alpha value is -3.29. The molecule has 0 bridgehead atoms. The lowest BCUT2D eigenvalue weighted by Gasteiger charge is -2.15. The van der Waals surface area contributed by atoms with E-state index >= 15 is 0 Å². The molecule has 0 aliphatic heterocycles. The van der Waals surface area contributed by atoms with Gasteiger partial charge in [-0.15, -0.1) is 0 Å². The van der Waals surface area contributed by atoms with Crippen LogP contribution in [0, 0.1) is 5.82 Å². The molecule has 0 radical (unpaired) electrons. The van der Waals surface area contributed by atoms with E-state index in [9.17, 15) is 14.0 Å². The van der Waals surface area contributed by atoms with Crippen LogP contribution in [-0.2, 0) is 9.59 Å². The molecule has 0 spiro atoms. The number of para-hydroxylation sites is 3. The summed E-state index contributed by atoms with van der Waals surface area (Å²) in [6, 6.07) is 12.6. The van der Waals surface area contributed by atoms with Gasteiger partial charge in [-0.25, -0.2) is 4.39 Å². The molecule has 0 aliphatic rings. The highest BCUT2D eigenvalue weighted by atomic mass is 19.1. The number of benzene rings is 2. The first-order valence-corrected chi connectivity index (χ1v) is 7.77. The molecule has 0 aliphatic carbocycles. The third-order valence-corrected chi connectivity index (χ3v) is 3.26. The first kappa shape index (κ1) is 19.0. The van der Waals surface area contributed by atoms with Gasteiger partial charge in [0.05, 0.1) is 7.11 Å². The lowest BCUT2D eigenvalue weighted by molar-refractivity contribution is -0.133. The van der Waals surface area contributed by atoms with E-state index in [0.717, 1.165) is 0 Å². The van der Waals surface area contributed by atoms with Crippen molar-refractivity contribution in [3.05, 3.63) is 54.3 Å². The summed E-state index contributed by atoms with van der Waals surface area (Å²) >= 11 is 0. The summed E-state index contributed by atoms with van der Waals surface area (Å²) in [4.78, 5) is 23.7. The quantitative estimate of drug-likeness (QED) is 0.734. The van der Waals surface area contributed by atoms with Crippen molar-refractivity contribution in [2.75, 3.05) is 13.7 Å². The fourth-order valence-electron chi connectivity index (χ4n) is 1.93. The van der Waals surface area contributed by atoms with Crippen LogP contribution in [0.2, 0.25) is 0 Å². The Kier molecular flexibility index (Phi) is 6.78. The molecule has 26 heavy (non-hydrogen) atoms. The van der Waals surface area contributed by atoms with Gasteiger partial charge in [-0.3, -0.25) is 20.4 Å². The van der Waals surface area contributed by atoms with Gasteiger partial charge in [0.2, 0.25) is 0 Å². The summed E-state index contributed by atoms with van der Waals surface area (Å²) in [5.74, 6) is -0.979. The first-order valence-electron chi connectivity index (χ1n) is 7.77. The minimum atomic E-state index is -1.01. The molecule has 2 rings (SSSR count). The average molecular weight is 362 g/mol. The number of methoxy groups -OCH3 is 1. The number of hydrogen-bond donors (Lipinski definition) is 2. The molecule has 0 saturated carbocycles. The number of amides is 2. The van der Waals surface area contributed by atoms with Crippen LogP contribution in [0.15, 0.2) is 48.5 Å². The number of halogens is 1. The maximum atomic E-state index is 13.5. The van der Waals surface area contributed by atoms with E-state index in [2.05, 4.69) is 10.9 Å². The molecule has 138 valence electrons. The summed E-state index contributed by atoms with van der Waals surface area (Å²) < 4.78 is 29.1. The Morgan fingerprint density at radius 3 is 2.27 bits per heavy atom. The highest BCUT2D eigenvalue weighted by molar-refractivity contribution is 5.85. The molecular weight excluding hydrogens is 343 g/mol. The smallest absolute Gasteiger partial charge is 0.279 e. The molecule has 0 saturated heterocycles. The van der Waals surface area contributed by atoms with Gasteiger partial charge in [-0.1, -0.05) is 24.3 Å². The molecule has 8 heteroatoms. The summed E-state index contributed by atoms with van der Waals surface area (Å²) in [7, 11) is 1.49. The average Bonchev–Trinajstić information content (AvgIpc) is 2.66. The second kappa shape index (κ2) is 9.26. The zero-order valence-electron chi connectivity index (χ0n) is 14.3. The predicted molar refractivity (Wildman–Crippen MR) is 91.3 cm³/mol. The maximum absolute atomic E-state index is 13.5. The van der Waals surface area contributed by atoms with Crippen LogP contribution in [0.25, 0.3) is 0 Å². The van der Waals surface area contributed by atoms with E-state index in [0.29, 0.717) is 11.5 Å². The van der Waals surface area contributed by atoms with Gasteiger partial charge in [0.25, 0.3) is 11.8 Å². The molecule has 1 atom stereocenters. The second-order valence-corrected chi connectivity index (χ2v) is 5.17. The van der Waals surface area contributed by atoms with Gasteiger partial charge < -0.3 is 14.2 Å². The molecule has 2 aromatic carbocycles. The summed E-state index contributed by atoms with van der Waals surface area (Å²) in [5.41, 5.74) is 4.38. The molecule has 0 heterocycles. The number of hydrogen-bond acceptors (Lipinski definition) is 5. The summed E-state index contributed by atoms with van der Waals surface area (Å²) in [5, 5.41) is 0. The van der Waals surface area contributed by atoms with E-state index in [1.807, 2.05) is 0 Å². The van der Waals surface area contributed by atoms with E-state index in [4.69, 9.17) is 14.2 Å². The van der Waals surface area contributed by atoms with E-state index in [1.165, 1.54) is 32.2 Å². The monoisotopic (exact) mass is 362 g/mol. The van der Waals surface area contributed by atoms with Crippen molar-refractivity contribution in [2.24, 2.45) is 0 Å². The highest BCUT2D eigenvalue weighted by Gasteiger charge is 2.17. The van der Waals surface area contributed by atoms with Crippen LogP contribution in [0.1, 0.15) is 6.92 Å². The zero-order chi connectivity index (χ0) is 18.9. The van der Waals surface area contributed by atoms with Gasteiger partial charge in [0.15, 0.2) is 35.8 Å². The molecule has 2 amide bonds. The van der Waals surface area contributed by atoms with Crippen molar-refractivity contribution >= 4 is 11.8 Å². The maximum Gasteiger partial charge on any atom is 0.279 e. The van der Waals surface area contributed by atoms with E-state index in [1.54, 1.807) is 30.3 Å². The largest absolute Gasteiger partial charge is 0.493 e. The van der Waals surface area contributed by atoms with Crippen molar-refractivity contribution < 1.29 is 28.2 Å². The lowest BCUT2D eigenvalue weighted by atomic mass is 10.3. The summed E-state index contributed by atoms with van der Waals surface area (Å²) in [6.45, 7) is 1.10. The Balaban J connectivity index is 1.77. The summed E-state index contributed by atoms with van der Waals surface area (Å²) in [6.07, 6.45) is -1.01. The van der Waals surface area contributed by atoms with Crippen LogP contribution in [0.5, 0.6) is 17.2 Å². The molecule has 0 fully saturated rings. The Labute approximate surface area is 150 Å². The number of ether oxygens (including phenoxy) is 3. The van der Waals surface area contributed by atoms with E-state index < -0.39 is 23.7 Å². The van der Waals surface area contributed by atoms with Crippen LogP contribution in [0.3, 0.4) is 0 Å². The number of hydrazine groups is 1. The minimum absolute atomic E-state index is 0.0546. The molecule has 7 nitrogen and oxygen atoms in total. The van der Waals surface area contributed by atoms with Crippen molar-refractivity contribution in [1.82, 2.24) is 10.9 Å². The topological polar surface area (TPSA) is 85.9 Å².